The molecule has 2 aliphatic heterocycles. The van der Waals surface area contributed by atoms with Crippen LogP contribution in [0, 0.1) is 0 Å². The second-order valence-corrected chi connectivity index (χ2v) is 7.17. The van der Waals surface area contributed by atoms with Crippen LogP contribution in [0.3, 0.4) is 0 Å². The van der Waals surface area contributed by atoms with Crippen molar-refractivity contribution >= 4 is 17.3 Å². The fourth-order valence-electron chi connectivity index (χ4n) is 3.75. The van der Waals surface area contributed by atoms with Gasteiger partial charge < -0.3 is 19.7 Å². The van der Waals surface area contributed by atoms with Crippen LogP contribution in [0.4, 0.5) is 11.4 Å². The Morgan fingerprint density at radius 2 is 2.00 bits per heavy atom. The van der Waals surface area contributed by atoms with E-state index in [9.17, 15) is 4.79 Å². The number of hydrogen-bond donors (Lipinski definition) is 1. The van der Waals surface area contributed by atoms with Crippen molar-refractivity contribution in [3.05, 3.63) is 54.1 Å². The summed E-state index contributed by atoms with van der Waals surface area (Å²) < 4.78 is 11.3. The number of nitrogens with zero attached hydrogens (tertiary/aromatic N) is 1. The molecule has 5 nitrogen and oxygen atoms in total. The van der Waals surface area contributed by atoms with Crippen molar-refractivity contribution in [1.82, 2.24) is 0 Å². The van der Waals surface area contributed by atoms with Crippen molar-refractivity contribution in [1.29, 1.82) is 0 Å². The van der Waals surface area contributed by atoms with Crippen LogP contribution < -0.4 is 15.0 Å². The van der Waals surface area contributed by atoms with E-state index in [0.717, 1.165) is 50.3 Å². The molecule has 2 aromatic rings. The fourth-order valence-corrected chi connectivity index (χ4v) is 3.75. The molecule has 1 saturated heterocycles. The Bertz CT molecular complexity index is 769. The van der Waals surface area contributed by atoms with Gasteiger partial charge in [-0.3, -0.25) is 4.79 Å². The maximum atomic E-state index is 12.5. The molecular weight excluding hydrogens is 340 g/mol. The van der Waals surface area contributed by atoms with Gasteiger partial charge in [-0.2, -0.15) is 0 Å². The molecule has 2 aliphatic rings. The molecule has 0 bridgehead atoms. The first-order valence-corrected chi connectivity index (χ1v) is 9.75. The Hall–Kier alpha value is -2.53. The topological polar surface area (TPSA) is 50.8 Å². The SMILES string of the molecule is O=C(CN1CCCc2ccccc21)Nc1ccc(OCC2CCCO2)cc1. The number of anilines is 2. The first kappa shape index (κ1) is 17.9. The van der Waals surface area contributed by atoms with Gasteiger partial charge in [0.2, 0.25) is 5.91 Å². The summed E-state index contributed by atoms with van der Waals surface area (Å²) in [4.78, 5) is 14.6. The van der Waals surface area contributed by atoms with Gasteiger partial charge in [0.05, 0.1) is 12.6 Å². The maximum Gasteiger partial charge on any atom is 0.243 e. The zero-order valence-corrected chi connectivity index (χ0v) is 15.5. The number of hydrogen-bond acceptors (Lipinski definition) is 4. The average Bonchev–Trinajstić information content (AvgIpc) is 3.21. The summed E-state index contributed by atoms with van der Waals surface area (Å²) in [6.07, 6.45) is 4.55. The van der Waals surface area contributed by atoms with E-state index in [1.54, 1.807) is 0 Å². The van der Waals surface area contributed by atoms with Crippen LogP contribution >= 0.6 is 0 Å². The van der Waals surface area contributed by atoms with Crippen LogP contribution in [-0.4, -0.2) is 38.3 Å². The van der Waals surface area contributed by atoms with Gasteiger partial charge in [0.1, 0.15) is 12.4 Å². The Morgan fingerprint density at radius 1 is 1.15 bits per heavy atom. The molecule has 1 atom stereocenters. The van der Waals surface area contributed by atoms with Gasteiger partial charge in [0.25, 0.3) is 0 Å². The van der Waals surface area contributed by atoms with E-state index in [1.807, 2.05) is 30.3 Å². The molecule has 1 unspecified atom stereocenters. The molecule has 1 fully saturated rings. The van der Waals surface area contributed by atoms with Crippen molar-refractivity contribution in [2.24, 2.45) is 0 Å². The third kappa shape index (κ3) is 4.61. The predicted octanol–water partition coefficient (Wildman–Crippen LogP) is 3.64. The zero-order chi connectivity index (χ0) is 18.5. The van der Waals surface area contributed by atoms with E-state index in [2.05, 4.69) is 28.4 Å². The third-order valence-corrected chi connectivity index (χ3v) is 5.14. The minimum absolute atomic E-state index is 0.000253. The smallest absolute Gasteiger partial charge is 0.243 e. The number of carbonyl (C=O) groups is 1. The van der Waals surface area contributed by atoms with E-state index >= 15 is 0 Å². The molecule has 2 heterocycles. The number of rotatable bonds is 6. The second kappa shape index (κ2) is 8.44. The summed E-state index contributed by atoms with van der Waals surface area (Å²) in [7, 11) is 0. The molecule has 1 amide bonds. The maximum absolute atomic E-state index is 12.5. The van der Waals surface area contributed by atoms with Crippen molar-refractivity contribution in [3.63, 3.8) is 0 Å². The number of benzene rings is 2. The average molecular weight is 366 g/mol. The number of amides is 1. The van der Waals surface area contributed by atoms with E-state index in [0.29, 0.717) is 13.2 Å². The van der Waals surface area contributed by atoms with Gasteiger partial charge in [-0.05, 0) is 61.6 Å². The third-order valence-electron chi connectivity index (χ3n) is 5.14. The highest BCUT2D eigenvalue weighted by Gasteiger charge is 2.19. The van der Waals surface area contributed by atoms with E-state index in [4.69, 9.17) is 9.47 Å². The Morgan fingerprint density at radius 3 is 2.81 bits per heavy atom. The van der Waals surface area contributed by atoms with Crippen molar-refractivity contribution in [2.45, 2.75) is 31.8 Å². The molecule has 142 valence electrons. The molecule has 0 spiro atoms. The standard InChI is InChI=1S/C22H26N2O3/c25-22(15-24-13-3-6-17-5-1-2-8-21(17)24)23-18-9-11-19(12-10-18)27-16-20-7-4-14-26-20/h1-2,5,8-12,20H,3-4,6-7,13-16H2,(H,23,25). The lowest BCUT2D eigenvalue weighted by Gasteiger charge is -2.30. The van der Waals surface area contributed by atoms with Crippen LogP contribution in [0.15, 0.2) is 48.5 Å². The predicted molar refractivity (Wildman–Crippen MR) is 107 cm³/mol. The van der Waals surface area contributed by atoms with Gasteiger partial charge >= 0.3 is 0 Å². The van der Waals surface area contributed by atoms with Gasteiger partial charge in [0, 0.05) is 24.5 Å². The van der Waals surface area contributed by atoms with Gasteiger partial charge in [-0.25, -0.2) is 0 Å². The summed E-state index contributed by atoms with van der Waals surface area (Å²) >= 11 is 0. The molecule has 0 aromatic heterocycles. The van der Waals surface area contributed by atoms with Crippen molar-refractivity contribution in [2.75, 3.05) is 36.5 Å². The van der Waals surface area contributed by atoms with E-state index < -0.39 is 0 Å². The lowest BCUT2D eigenvalue weighted by molar-refractivity contribution is -0.115. The van der Waals surface area contributed by atoms with E-state index in [-0.39, 0.29) is 12.0 Å². The zero-order valence-electron chi connectivity index (χ0n) is 15.5. The molecule has 2 aromatic carbocycles. The summed E-state index contributed by atoms with van der Waals surface area (Å²) in [5.41, 5.74) is 3.29. The number of para-hydroxylation sites is 1. The Balaban J connectivity index is 1.29. The fraction of sp³-hybridized carbons (Fsp3) is 0.409. The van der Waals surface area contributed by atoms with Crippen molar-refractivity contribution in [3.8, 4) is 5.75 Å². The van der Waals surface area contributed by atoms with Crippen LogP contribution in [0.25, 0.3) is 0 Å². The monoisotopic (exact) mass is 366 g/mol. The summed E-state index contributed by atoms with van der Waals surface area (Å²) in [6, 6.07) is 15.9. The summed E-state index contributed by atoms with van der Waals surface area (Å²) in [6.45, 7) is 2.70. The molecule has 5 heteroatoms. The molecule has 0 radical (unpaired) electrons. The summed E-state index contributed by atoms with van der Waals surface area (Å²) in [5, 5.41) is 2.98. The van der Waals surface area contributed by atoms with E-state index in [1.165, 1.54) is 11.3 Å². The summed E-state index contributed by atoms with van der Waals surface area (Å²) in [5.74, 6) is 0.799. The van der Waals surface area contributed by atoms with Gasteiger partial charge in [-0.1, -0.05) is 18.2 Å². The molecule has 0 saturated carbocycles. The normalized spacial score (nSPS) is 18.8. The molecular formula is C22H26N2O3. The first-order valence-electron chi connectivity index (χ1n) is 9.75. The quantitative estimate of drug-likeness (QED) is 0.848. The molecule has 4 rings (SSSR count). The Kier molecular flexibility index (Phi) is 5.58. The lowest BCUT2D eigenvalue weighted by atomic mass is 10.0. The highest BCUT2D eigenvalue weighted by atomic mass is 16.5. The Labute approximate surface area is 160 Å². The highest BCUT2D eigenvalue weighted by molar-refractivity contribution is 5.94. The first-order chi connectivity index (χ1) is 13.3. The number of carbonyl (C=O) groups excluding carboxylic acids is 1. The number of fused-ring (bicyclic) bond motifs is 1. The molecule has 1 N–H and O–H groups in total. The van der Waals surface area contributed by atoms with Crippen LogP contribution in [0.2, 0.25) is 0 Å². The molecule has 0 aliphatic carbocycles. The van der Waals surface area contributed by atoms with Crippen LogP contribution in [0.5, 0.6) is 5.75 Å². The minimum Gasteiger partial charge on any atom is -0.491 e. The molecule has 27 heavy (non-hydrogen) atoms. The van der Waals surface area contributed by atoms with Gasteiger partial charge in [0.15, 0.2) is 0 Å². The largest absolute Gasteiger partial charge is 0.491 e. The lowest BCUT2D eigenvalue weighted by Crippen LogP contribution is -2.36. The van der Waals surface area contributed by atoms with Crippen LogP contribution in [-0.2, 0) is 16.0 Å². The highest BCUT2D eigenvalue weighted by Crippen LogP contribution is 2.26. The van der Waals surface area contributed by atoms with Gasteiger partial charge in [-0.15, -0.1) is 0 Å². The number of nitrogens with one attached hydrogen (secondary N) is 1. The number of ether oxygens (including phenoxy) is 2. The van der Waals surface area contributed by atoms with Crippen LogP contribution in [0.1, 0.15) is 24.8 Å². The second-order valence-electron chi connectivity index (χ2n) is 7.17. The number of aryl methyl sites for hydroxylation is 1. The van der Waals surface area contributed by atoms with Crippen molar-refractivity contribution < 1.29 is 14.3 Å². The minimum atomic E-state index is -0.000253.